The molecule has 124 valence electrons. The third-order valence-corrected chi connectivity index (χ3v) is 4.13. The number of nitrogens with zero attached hydrogens (tertiary/aromatic N) is 1. The molecule has 1 aromatic carbocycles. The Morgan fingerprint density at radius 2 is 2.22 bits per heavy atom. The molecule has 0 amide bonds. The molecule has 23 heavy (non-hydrogen) atoms. The normalized spacial score (nSPS) is 21.7. The molecule has 0 radical (unpaired) electrons. The first-order valence-corrected chi connectivity index (χ1v) is 7.56. The highest BCUT2D eigenvalue weighted by Crippen LogP contribution is 2.29. The number of morpholine rings is 1. The van der Waals surface area contributed by atoms with Gasteiger partial charge in [-0.05, 0) is 44.5 Å². The van der Waals surface area contributed by atoms with Crippen LogP contribution in [-0.4, -0.2) is 40.8 Å². The van der Waals surface area contributed by atoms with Crippen molar-refractivity contribution in [2.24, 2.45) is 0 Å². The number of carbonyl (C=O) groups is 1. The molecule has 0 bridgehead atoms. The summed E-state index contributed by atoms with van der Waals surface area (Å²) in [6.07, 6.45) is -0.860. The molecular weight excluding hydrogens is 301 g/mol. The van der Waals surface area contributed by atoms with Gasteiger partial charge < -0.3 is 14.3 Å². The summed E-state index contributed by atoms with van der Waals surface area (Å²) in [6.45, 7) is 7.00. The fourth-order valence-corrected chi connectivity index (χ4v) is 3.14. The minimum atomic E-state index is -0.967. The second-order valence-corrected chi connectivity index (χ2v) is 6.66. The molecule has 1 aliphatic heterocycles. The number of benzene rings is 1. The van der Waals surface area contributed by atoms with Gasteiger partial charge >= 0.3 is 5.97 Å². The second-order valence-electron chi connectivity index (χ2n) is 6.66. The topological polar surface area (TPSA) is 62.9 Å². The van der Waals surface area contributed by atoms with Crippen molar-refractivity contribution in [3.05, 3.63) is 35.3 Å². The summed E-state index contributed by atoms with van der Waals surface area (Å²) in [5.41, 5.74) is 0.977. The molecule has 0 aliphatic carbocycles. The van der Waals surface area contributed by atoms with E-state index in [2.05, 4.69) is 0 Å². The van der Waals surface area contributed by atoms with Gasteiger partial charge in [0.1, 0.15) is 17.2 Å². The SMILES string of the molecule is Cc1c(CN2CC(C(=O)O)OC(C)(C)C2)oc2ccc(F)cc12. The Morgan fingerprint density at radius 1 is 1.48 bits per heavy atom. The van der Waals surface area contributed by atoms with Crippen LogP contribution in [0.1, 0.15) is 25.2 Å². The average Bonchev–Trinajstić information content (AvgIpc) is 2.74. The number of carboxylic acid groups (broad SMARTS) is 1. The number of aliphatic carboxylic acids is 1. The first kappa shape index (κ1) is 16.0. The van der Waals surface area contributed by atoms with E-state index in [-0.39, 0.29) is 5.82 Å². The zero-order valence-electron chi connectivity index (χ0n) is 13.4. The Morgan fingerprint density at radius 3 is 2.91 bits per heavy atom. The number of carboxylic acids is 1. The summed E-state index contributed by atoms with van der Waals surface area (Å²) in [5.74, 6) is -0.537. The van der Waals surface area contributed by atoms with Gasteiger partial charge in [-0.2, -0.15) is 0 Å². The van der Waals surface area contributed by atoms with Crippen LogP contribution in [0.2, 0.25) is 0 Å². The van der Waals surface area contributed by atoms with E-state index >= 15 is 0 Å². The maximum Gasteiger partial charge on any atom is 0.334 e. The van der Waals surface area contributed by atoms with Crippen LogP contribution in [0.3, 0.4) is 0 Å². The molecule has 3 rings (SSSR count). The van der Waals surface area contributed by atoms with Gasteiger partial charge in [-0.25, -0.2) is 9.18 Å². The van der Waals surface area contributed by atoms with Crippen molar-refractivity contribution in [3.8, 4) is 0 Å². The Balaban J connectivity index is 1.86. The largest absolute Gasteiger partial charge is 0.479 e. The van der Waals surface area contributed by atoms with Crippen LogP contribution in [0.5, 0.6) is 0 Å². The fraction of sp³-hybridized carbons (Fsp3) is 0.471. The van der Waals surface area contributed by atoms with Crippen LogP contribution in [0.15, 0.2) is 22.6 Å². The third-order valence-electron chi connectivity index (χ3n) is 4.13. The van der Waals surface area contributed by atoms with E-state index in [1.54, 1.807) is 6.07 Å². The van der Waals surface area contributed by atoms with Gasteiger partial charge in [0.15, 0.2) is 6.10 Å². The lowest BCUT2D eigenvalue weighted by Gasteiger charge is -2.41. The quantitative estimate of drug-likeness (QED) is 0.942. The van der Waals surface area contributed by atoms with Crippen molar-refractivity contribution in [3.63, 3.8) is 0 Å². The zero-order chi connectivity index (χ0) is 16.8. The molecule has 2 heterocycles. The highest BCUT2D eigenvalue weighted by Gasteiger charge is 2.37. The predicted octanol–water partition coefficient (Wildman–Crippen LogP) is 2.94. The summed E-state index contributed by atoms with van der Waals surface area (Å²) >= 11 is 0. The van der Waals surface area contributed by atoms with E-state index in [1.165, 1.54) is 12.1 Å². The van der Waals surface area contributed by atoms with Crippen molar-refractivity contribution in [2.75, 3.05) is 13.1 Å². The van der Waals surface area contributed by atoms with E-state index in [0.29, 0.717) is 25.2 Å². The maximum absolute atomic E-state index is 13.4. The van der Waals surface area contributed by atoms with Crippen molar-refractivity contribution in [2.45, 2.75) is 39.0 Å². The summed E-state index contributed by atoms with van der Waals surface area (Å²) in [6, 6.07) is 4.44. The minimum Gasteiger partial charge on any atom is -0.479 e. The smallest absolute Gasteiger partial charge is 0.334 e. The van der Waals surface area contributed by atoms with E-state index in [9.17, 15) is 14.3 Å². The van der Waals surface area contributed by atoms with Crippen molar-refractivity contribution in [1.29, 1.82) is 0 Å². The molecule has 0 spiro atoms. The molecule has 1 aliphatic rings. The van der Waals surface area contributed by atoms with Gasteiger partial charge in [-0.15, -0.1) is 0 Å². The van der Waals surface area contributed by atoms with Gasteiger partial charge in [0.25, 0.3) is 0 Å². The number of fused-ring (bicyclic) bond motifs is 1. The van der Waals surface area contributed by atoms with Gasteiger partial charge in [0.05, 0.1) is 12.1 Å². The lowest BCUT2D eigenvalue weighted by Crippen LogP contribution is -2.54. The molecule has 2 aromatic rings. The summed E-state index contributed by atoms with van der Waals surface area (Å²) < 4.78 is 24.8. The summed E-state index contributed by atoms with van der Waals surface area (Å²) in [5, 5.41) is 9.99. The van der Waals surface area contributed by atoms with Crippen LogP contribution < -0.4 is 0 Å². The lowest BCUT2D eigenvalue weighted by molar-refractivity contribution is -0.179. The monoisotopic (exact) mass is 321 g/mol. The molecule has 1 saturated heterocycles. The van der Waals surface area contributed by atoms with Crippen LogP contribution in [0.25, 0.3) is 11.0 Å². The highest BCUT2D eigenvalue weighted by atomic mass is 19.1. The molecule has 1 aromatic heterocycles. The third kappa shape index (κ3) is 3.23. The molecule has 1 N–H and O–H groups in total. The molecule has 1 atom stereocenters. The zero-order valence-corrected chi connectivity index (χ0v) is 13.4. The standard InChI is InChI=1S/C17H20FNO4/c1-10-12-6-11(18)4-5-13(12)22-14(10)7-19-8-15(16(20)21)23-17(2,3)9-19/h4-6,15H,7-9H2,1-3H3,(H,20,21). The number of furan rings is 1. The van der Waals surface area contributed by atoms with Crippen molar-refractivity contribution in [1.82, 2.24) is 4.90 Å². The Kier molecular flexibility index (Phi) is 3.90. The van der Waals surface area contributed by atoms with Crippen LogP contribution in [0.4, 0.5) is 4.39 Å². The maximum atomic E-state index is 13.4. The first-order valence-electron chi connectivity index (χ1n) is 7.56. The molecule has 0 saturated carbocycles. The van der Waals surface area contributed by atoms with Crippen molar-refractivity contribution < 1.29 is 23.4 Å². The first-order chi connectivity index (χ1) is 10.7. The van der Waals surface area contributed by atoms with E-state index < -0.39 is 17.7 Å². The summed E-state index contributed by atoms with van der Waals surface area (Å²) in [7, 11) is 0. The average molecular weight is 321 g/mol. The fourth-order valence-electron chi connectivity index (χ4n) is 3.14. The molecule has 1 unspecified atom stereocenters. The van der Waals surface area contributed by atoms with Crippen LogP contribution in [-0.2, 0) is 16.1 Å². The van der Waals surface area contributed by atoms with Gasteiger partial charge in [-0.3, -0.25) is 4.90 Å². The predicted molar refractivity (Wildman–Crippen MR) is 82.8 cm³/mol. The Labute approximate surface area is 133 Å². The van der Waals surface area contributed by atoms with Crippen LogP contribution in [0, 0.1) is 12.7 Å². The summed E-state index contributed by atoms with van der Waals surface area (Å²) in [4.78, 5) is 13.3. The number of rotatable bonds is 3. The number of ether oxygens (including phenoxy) is 1. The van der Waals surface area contributed by atoms with Gasteiger partial charge in [0.2, 0.25) is 0 Å². The van der Waals surface area contributed by atoms with E-state index in [0.717, 1.165) is 16.7 Å². The Bertz CT molecular complexity index is 752. The van der Waals surface area contributed by atoms with Crippen LogP contribution >= 0.6 is 0 Å². The van der Waals surface area contributed by atoms with E-state index in [4.69, 9.17) is 9.15 Å². The number of aryl methyl sites for hydroxylation is 1. The molecule has 5 nitrogen and oxygen atoms in total. The highest BCUT2D eigenvalue weighted by molar-refractivity contribution is 5.82. The molecule has 1 fully saturated rings. The van der Waals surface area contributed by atoms with Crippen molar-refractivity contribution >= 4 is 16.9 Å². The molecular formula is C17H20FNO4. The number of halogens is 1. The van der Waals surface area contributed by atoms with Gasteiger partial charge in [-0.1, -0.05) is 0 Å². The second kappa shape index (κ2) is 5.62. The molecule has 6 heteroatoms. The Hall–Kier alpha value is -1.92. The lowest BCUT2D eigenvalue weighted by atomic mass is 10.0. The van der Waals surface area contributed by atoms with E-state index in [1.807, 2.05) is 25.7 Å². The number of hydrogen-bond donors (Lipinski definition) is 1. The number of hydrogen-bond acceptors (Lipinski definition) is 4. The van der Waals surface area contributed by atoms with Gasteiger partial charge in [0, 0.05) is 18.5 Å². The minimum absolute atomic E-state index is 0.295.